The number of nitrogens with zero attached hydrogens (tertiary/aromatic N) is 1. The van der Waals surface area contributed by atoms with E-state index in [9.17, 15) is 10.2 Å². The van der Waals surface area contributed by atoms with Gasteiger partial charge in [-0.05, 0) is 25.8 Å². The lowest BCUT2D eigenvalue weighted by molar-refractivity contribution is -0.246. The molecule has 2 saturated heterocycles. The van der Waals surface area contributed by atoms with Crippen molar-refractivity contribution in [3.8, 4) is 11.8 Å². The number of aliphatic hydroxyl groups is 3. The van der Waals surface area contributed by atoms with Gasteiger partial charge in [-0.2, -0.15) is 0 Å². The molecular weight excluding hydrogens is 326 g/mol. The van der Waals surface area contributed by atoms with E-state index in [2.05, 4.69) is 22.8 Å². The second kappa shape index (κ2) is 7.12. The molecule has 5 nitrogen and oxygen atoms in total. The number of hydrogen-bond donors (Lipinski definition) is 3. The third-order valence-corrected chi connectivity index (χ3v) is 6.05. The predicted molar refractivity (Wildman–Crippen MR) is 92.7 cm³/mol. The van der Waals surface area contributed by atoms with Gasteiger partial charge in [0.1, 0.15) is 12.7 Å². The van der Waals surface area contributed by atoms with Crippen molar-refractivity contribution >= 4 is 11.3 Å². The van der Waals surface area contributed by atoms with E-state index in [4.69, 9.17) is 9.84 Å². The van der Waals surface area contributed by atoms with E-state index in [1.54, 1.807) is 18.3 Å². The zero-order valence-electron chi connectivity index (χ0n) is 14.0. The number of likely N-dealkylation sites (tertiary alicyclic amines) is 1. The quantitative estimate of drug-likeness (QED) is 0.692. The molecule has 1 spiro atoms. The van der Waals surface area contributed by atoms with Gasteiger partial charge in [0, 0.05) is 41.9 Å². The monoisotopic (exact) mass is 351 g/mol. The Kier molecular flexibility index (Phi) is 5.30. The molecule has 24 heavy (non-hydrogen) atoms. The molecular formula is C18H25NO4S. The Morgan fingerprint density at radius 2 is 2.12 bits per heavy atom. The van der Waals surface area contributed by atoms with Crippen LogP contribution in [0, 0.1) is 11.8 Å². The molecule has 1 aromatic rings. The van der Waals surface area contributed by atoms with Gasteiger partial charge >= 0.3 is 0 Å². The largest absolute Gasteiger partial charge is 0.387 e. The average Bonchev–Trinajstić information content (AvgIpc) is 3.00. The summed E-state index contributed by atoms with van der Waals surface area (Å²) >= 11 is 1.67. The van der Waals surface area contributed by atoms with Gasteiger partial charge in [0.25, 0.3) is 0 Å². The van der Waals surface area contributed by atoms with Crippen LogP contribution in [0.5, 0.6) is 0 Å². The highest BCUT2D eigenvalue weighted by atomic mass is 32.1. The maximum Gasteiger partial charge on any atom is 0.111 e. The molecule has 1 aromatic heterocycles. The smallest absolute Gasteiger partial charge is 0.111 e. The van der Waals surface area contributed by atoms with Gasteiger partial charge in [0.05, 0.1) is 17.8 Å². The molecule has 0 aliphatic carbocycles. The molecule has 2 atom stereocenters. The molecule has 2 aliphatic heterocycles. The first-order valence-corrected chi connectivity index (χ1v) is 9.27. The summed E-state index contributed by atoms with van der Waals surface area (Å²) in [4.78, 5) is 3.59. The Bertz CT molecular complexity index is 622. The summed E-state index contributed by atoms with van der Waals surface area (Å²) in [5.74, 6) is 5.59. The molecule has 0 unspecified atom stereocenters. The van der Waals surface area contributed by atoms with Crippen LogP contribution in [-0.4, -0.2) is 63.8 Å². The molecule has 6 heteroatoms. The van der Waals surface area contributed by atoms with Crippen molar-refractivity contribution in [1.29, 1.82) is 0 Å². The zero-order valence-corrected chi connectivity index (χ0v) is 14.8. The number of rotatable bonds is 2. The van der Waals surface area contributed by atoms with Crippen molar-refractivity contribution in [3.05, 3.63) is 21.9 Å². The van der Waals surface area contributed by atoms with Crippen molar-refractivity contribution in [1.82, 2.24) is 4.90 Å². The minimum atomic E-state index is -1.06. The molecule has 2 aliphatic rings. The highest BCUT2D eigenvalue weighted by Gasteiger charge is 2.52. The normalized spacial score (nSPS) is 30.1. The van der Waals surface area contributed by atoms with Gasteiger partial charge in [-0.25, -0.2) is 0 Å². The van der Waals surface area contributed by atoms with E-state index < -0.39 is 17.3 Å². The summed E-state index contributed by atoms with van der Waals surface area (Å²) < 4.78 is 5.93. The minimum Gasteiger partial charge on any atom is -0.387 e. The van der Waals surface area contributed by atoms with Gasteiger partial charge in [-0.3, -0.25) is 4.90 Å². The molecule has 0 amide bonds. The standard InChI is InChI=1S/C18H25NO4S/c1-17(22)6-10-23-18(16(17)21)4-7-19(8-5-18)12-15-11-14(13-24-15)3-2-9-20/h11,13,16,20-22H,4-10,12H2,1H3/t16-,17+/m0/s1. The number of ether oxygens (including phenoxy) is 1. The minimum absolute atomic E-state index is 0.120. The Hall–Kier alpha value is -0.940. The number of aliphatic hydroxyl groups excluding tert-OH is 2. The van der Waals surface area contributed by atoms with E-state index in [1.807, 2.05) is 5.38 Å². The number of piperidine rings is 1. The lowest BCUT2D eigenvalue weighted by Gasteiger charge is -2.51. The molecule has 0 bridgehead atoms. The van der Waals surface area contributed by atoms with Crippen molar-refractivity contribution in [3.63, 3.8) is 0 Å². The van der Waals surface area contributed by atoms with E-state index in [-0.39, 0.29) is 6.61 Å². The molecule has 3 heterocycles. The summed E-state index contributed by atoms with van der Waals surface area (Å²) in [6, 6.07) is 2.06. The first kappa shape index (κ1) is 17.9. The fourth-order valence-corrected chi connectivity index (χ4v) is 4.50. The summed E-state index contributed by atoms with van der Waals surface area (Å²) in [7, 11) is 0. The van der Waals surface area contributed by atoms with Crippen LogP contribution in [0.25, 0.3) is 0 Å². The van der Waals surface area contributed by atoms with Gasteiger partial charge < -0.3 is 20.1 Å². The van der Waals surface area contributed by atoms with Gasteiger partial charge in [0.2, 0.25) is 0 Å². The van der Waals surface area contributed by atoms with Crippen LogP contribution >= 0.6 is 11.3 Å². The van der Waals surface area contributed by atoms with Crippen molar-refractivity contribution in [2.45, 2.75) is 50.0 Å². The summed E-state index contributed by atoms with van der Waals surface area (Å²) in [5, 5.41) is 31.7. The van der Waals surface area contributed by atoms with Crippen LogP contribution in [0.4, 0.5) is 0 Å². The Labute approximate surface area is 146 Å². The maximum atomic E-state index is 10.5. The number of thiophene rings is 1. The van der Waals surface area contributed by atoms with Gasteiger partial charge in [-0.15, -0.1) is 11.3 Å². The van der Waals surface area contributed by atoms with E-state index >= 15 is 0 Å². The van der Waals surface area contributed by atoms with Crippen molar-refractivity contribution < 1.29 is 20.1 Å². The molecule has 2 fully saturated rings. The lowest BCUT2D eigenvalue weighted by atomic mass is 9.75. The zero-order chi connectivity index (χ0) is 17.2. The average molecular weight is 351 g/mol. The highest BCUT2D eigenvalue weighted by Crippen LogP contribution is 2.40. The molecule has 3 rings (SSSR count). The van der Waals surface area contributed by atoms with Crippen LogP contribution in [0.1, 0.15) is 36.6 Å². The van der Waals surface area contributed by atoms with E-state index in [1.165, 1.54) is 4.88 Å². The van der Waals surface area contributed by atoms with Crippen molar-refractivity contribution in [2.24, 2.45) is 0 Å². The summed E-state index contributed by atoms with van der Waals surface area (Å²) in [5.41, 5.74) is -0.723. The van der Waals surface area contributed by atoms with Gasteiger partial charge in [0.15, 0.2) is 0 Å². The summed E-state index contributed by atoms with van der Waals surface area (Å²) in [6.07, 6.45) is 1.11. The van der Waals surface area contributed by atoms with Crippen LogP contribution in [0.2, 0.25) is 0 Å². The van der Waals surface area contributed by atoms with E-state index in [0.29, 0.717) is 13.0 Å². The summed E-state index contributed by atoms with van der Waals surface area (Å²) in [6.45, 7) is 4.61. The van der Waals surface area contributed by atoms with Crippen LogP contribution in [0.3, 0.4) is 0 Å². The molecule has 0 aromatic carbocycles. The fraction of sp³-hybridized carbons (Fsp3) is 0.667. The highest BCUT2D eigenvalue weighted by molar-refractivity contribution is 7.10. The maximum absolute atomic E-state index is 10.5. The first-order chi connectivity index (χ1) is 11.5. The lowest BCUT2D eigenvalue weighted by Crippen LogP contribution is -2.64. The Morgan fingerprint density at radius 3 is 2.83 bits per heavy atom. The first-order valence-electron chi connectivity index (χ1n) is 8.39. The predicted octanol–water partition coefficient (Wildman–Crippen LogP) is 0.959. The van der Waals surface area contributed by atoms with Crippen LogP contribution in [-0.2, 0) is 11.3 Å². The molecule has 0 saturated carbocycles. The molecule has 3 N–H and O–H groups in total. The van der Waals surface area contributed by atoms with Crippen LogP contribution < -0.4 is 0 Å². The topological polar surface area (TPSA) is 73.2 Å². The van der Waals surface area contributed by atoms with E-state index in [0.717, 1.165) is 38.0 Å². The Balaban J connectivity index is 1.58. The number of hydrogen-bond acceptors (Lipinski definition) is 6. The second-order valence-electron chi connectivity index (χ2n) is 6.96. The van der Waals surface area contributed by atoms with Gasteiger partial charge in [-0.1, -0.05) is 11.8 Å². The van der Waals surface area contributed by atoms with Crippen LogP contribution in [0.15, 0.2) is 11.4 Å². The third-order valence-electron chi connectivity index (χ3n) is 5.13. The second-order valence-corrected chi connectivity index (χ2v) is 7.96. The Morgan fingerprint density at radius 1 is 1.38 bits per heavy atom. The van der Waals surface area contributed by atoms with Crippen molar-refractivity contribution in [2.75, 3.05) is 26.3 Å². The SMILES string of the molecule is C[C@@]1(O)CCOC2(CCN(Cc3cc(C#CCO)cs3)CC2)[C@H]1O. The third kappa shape index (κ3) is 3.67. The molecule has 0 radical (unpaired) electrons. The molecule has 132 valence electrons. The fourth-order valence-electron chi connectivity index (χ4n) is 3.64.